The van der Waals surface area contributed by atoms with Crippen LogP contribution in [0.2, 0.25) is 0 Å². The zero-order valence-corrected chi connectivity index (χ0v) is 18.0. The van der Waals surface area contributed by atoms with E-state index in [1.807, 2.05) is 12.1 Å². The summed E-state index contributed by atoms with van der Waals surface area (Å²) in [6.07, 6.45) is 3.02. The van der Waals surface area contributed by atoms with Crippen LogP contribution in [0.25, 0.3) is 0 Å². The quantitative estimate of drug-likeness (QED) is 0.545. The van der Waals surface area contributed by atoms with Crippen molar-refractivity contribution in [2.45, 2.75) is 32.2 Å². The van der Waals surface area contributed by atoms with Gasteiger partial charge in [-0.15, -0.1) is 0 Å². The topological polar surface area (TPSA) is 58.1 Å². The van der Waals surface area contributed by atoms with E-state index in [0.717, 1.165) is 75.2 Å². The molecule has 0 radical (unpaired) electrons. The Morgan fingerprint density at radius 3 is 3.03 bits per heavy atom. The smallest absolute Gasteiger partial charge is 0.191 e. The monoisotopic (exact) mass is 408 g/mol. The van der Waals surface area contributed by atoms with Crippen LogP contribution in [0, 0.1) is 0 Å². The van der Waals surface area contributed by atoms with Gasteiger partial charge < -0.3 is 25.0 Å². The second-order valence-corrected chi connectivity index (χ2v) is 7.80. The molecule has 160 valence electrons. The van der Waals surface area contributed by atoms with Crippen molar-refractivity contribution in [3.05, 3.63) is 53.6 Å². The molecule has 2 heterocycles. The van der Waals surface area contributed by atoms with Crippen LogP contribution in [0.3, 0.4) is 0 Å². The van der Waals surface area contributed by atoms with Crippen LogP contribution in [0.4, 0.5) is 5.69 Å². The number of benzene rings is 2. The minimum absolute atomic E-state index is 0.366. The number of nitrogens with zero attached hydrogens (tertiary/aromatic N) is 2. The van der Waals surface area contributed by atoms with Gasteiger partial charge in [0, 0.05) is 38.6 Å². The van der Waals surface area contributed by atoms with Crippen LogP contribution < -0.4 is 25.0 Å². The van der Waals surface area contributed by atoms with Gasteiger partial charge in [-0.25, -0.2) is 0 Å². The summed E-state index contributed by atoms with van der Waals surface area (Å²) in [5.74, 6) is 2.87. The van der Waals surface area contributed by atoms with Crippen LogP contribution >= 0.6 is 0 Å². The Labute approximate surface area is 179 Å². The molecule has 2 N–H and O–H groups in total. The van der Waals surface area contributed by atoms with E-state index in [1.165, 1.54) is 11.1 Å². The first kappa shape index (κ1) is 20.4. The Bertz CT molecular complexity index is 883. The summed E-state index contributed by atoms with van der Waals surface area (Å²) in [6.45, 7) is 6.47. The lowest BCUT2D eigenvalue weighted by molar-refractivity contribution is 0.357. The molecular weight excluding hydrogens is 376 g/mol. The largest absolute Gasteiger partial charge is 0.495 e. The van der Waals surface area contributed by atoms with Gasteiger partial charge in [-0.1, -0.05) is 24.3 Å². The predicted molar refractivity (Wildman–Crippen MR) is 122 cm³/mol. The molecule has 6 nitrogen and oxygen atoms in total. The molecule has 1 fully saturated rings. The van der Waals surface area contributed by atoms with Crippen molar-refractivity contribution < 1.29 is 9.47 Å². The maximum absolute atomic E-state index is 5.60. The van der Waals surface area contributed by atoms with Gasteiger partial charge in [-0.2, -0.15) is 0 Å². The number of guanidine groups is 1. The third kappa shape index (κ3) is 4.81. The van der Waals surface area contributed by atoms with E-state index < -0.39 is 0 Å². The fourth-order valence-corrected chi connectivity index (χ4v) is 4.19. The lowest BCUT2D eigenvalue weighted by Gasteiger charge is -2.22. The lowest BCUT2D eigenvalue weighted by atomic mass is 10.1. The number of para-hydroxylation sites is 2. The van der Waals surface area contributed by atoms with E-state index >= 15 is 0 Å². The molecule has 0 saturated carbocycles. The first-order valence-corrected chi connectivity index (χ1v) is 10.9. The molecule has 1 atom stereocenters. The molecule has 0 aromatic heterocycles. The van der Waals surface area contributed by atoms with Crippen LogP contribution in [-0.4, -0.2) is 51.9 Å². The maximum atomic E-state index is 5.60. The standard InChI is InChI=1S/C24H32N4O2/c1-3-25-24(26-13-10-18-8-9-22-19(16-18)12-15-30-22)27-20-11-14-28(17-20)21-6-4-5-7-23(21)29-2/h4-9,16,20H,3,10-15,17H2,1-2H3,(H2,25,26,27). The zero-order chi connectivity index (χ0) is 20.8. The first-order chi connectivity index (χ1) is 14.8. The maximum Gasteiger partial charge on any atom is 0.191 e. The fraction of sp³-hybridized carbons (Fsp3) is 0.458. The second kappa shape index (κ2) is 9.74. The highest BCUT2D eigenvalue weighted by Crippen LogP contribution is 2.30. The molecule has 2 aromatic carbocycles. The number of methoxy groups -OCH3 is 1. The number of fused-ring (bicyclic) bond motifs is 1. The van der Waals surface area contributed by atoms with Crippen molar-refractivity contribution >= 4 is 11.6 Å². The first-order valence-electron chi connectivity index (χ1n) is 10.9. The molecule has 1 unspecified atom stereocenters. The minimum Gasteiger partial charge on any atom is -0.495 e. The average molecular weight is 409 g/mol. The minimum atomic E-state index is 0.366. The van der Waals surface area contributed by atoms with E-state index in [-0.39, 0.29) is 0 Å². The zero-order valence-electron chi connectivity index (χ0n) is 18.0. The number of aliphatic imine (C=N–C) groups is 1. The third-order valence-corrected chi connectivity index (χ3v) is 5.72. The summed E-state index contributed by atoms with van der Waals surface area (Å²) in [4.78, 5) is 7.20. The van der Waals surface area contributed by atoms with Crippen LogP contribution in [0.1, 0.15) is 24.5 Å². The molecular formula is C24H32N4O2. The molecule has 6 heteroatoms. The molecule has 1 saturated heterocycles. The van der Waals surface area contributed by atoms with Crippen molar-refractivity contribution in [3.8, 4) is 11.5 Å². The number of hydrogen-bond acceptors (Lipinski definition) is 4. The highest BCUT2D eigenvalue weighted by Gasteiger charge is 2.25. The normalized spacial score (nSPS) is 18.1. The molecule has 0 spiro atoms. The van der Waals surface area contributed by atoms with Crippen molar-refractivity contribution in [1.29, 1.82) is 0 Å². The van der Waals surface area contributed by atoms with Gasteiger partial charge in [0.25, 0.3) is 0 Å². The summed E-state index contributed by atoms with van der Waals surface area (Å²) in [7, 11) is 1.73. The van der Waals surface area contributed by atoms with E-state index in [4.69, 9.17) is 14.5 Å². The molecule has 2 aliphatic rings. The summed E-state index contributed by atoms with van der Waals surface area (Å²) < 4.78 is 11.1. The Morgan fingerprint density at radius 2 is 2.17 bits per heavy atom. The van der Waals surface area contributed by atoms with Gasteiger partial charge in [0.15, 0.2) is 5.96 Å². The molecule has 2 aliphatic heterocycles. The SMILES string of the molecule is CCNC(=NCCc1ccc2c(c1)CCO2)NC1CCN(c2ccccc2OC)C1. The number of rotatable bonds is 7. The van der Waals surface area contributed by atoms with Gasteiger partial charge in [0.2, 0.25) is 0 Å². The van der Waals surface area contributed by atoms with Crippen molar-refractivity contribution in [2.75, 3.05) is 44.8 Å². The highest BCUT2D eigenvalue weighted by atomic mass is 16.5. The van der Waals surface area contributed by atoms with Crippen molar-refractivity contribution in [3.63, 3.8) is 0 Å². The molecule has 2 aromatic rings. The van der Waals surface area contributed by atoms with Gasteiger partial charge in [-0.3, -0.25) is 4.99 Å². The summed E-state index contributed by atoms with van der Waals surface area (Å²) in [5.41, 5.74) is 3.80. The predicted octanol–water partition coefficient (Wildman–Crippen LogP) is 3.01. The number of ether oxygens (including phenoxy) is 2. The Morgan fingerprint density at radius 1 is 1.27 bits per heavy atom. The average Bonchev–Trinajstić information content (AvgIpc) is 3.43. The fourth-order valence-electron chi connectivity index (χ4n) is 4.19. The van der Waals surface area contributed by atoms with E-state index in [9.17, 15) is 0 Å². The Balaban J connectivity index is 1.33. The van der Waals surface area contributed by atoms with Crippen molar-refractivity contribution in [1.82, 2.24) is 10.6 Å². The van der Waals surface area contributed by atoms with E-state index in [0.29, 0.717) is 6.04 Å². The summed E-state index contributed by atoms with van der Waals surface area (Å²) in [5, 5.41) is 7.01. The molecule has 0 aliphatic carbocycles. The summed E-state index contributed by atoms with van der Waals surface area (Å²) >= 11 is 0. The van der Waals surface area contributed by atoms with Crippen molar-refractivity contribution in [2.24, 2.45) is 4.99 Å². The molecule has 4 rings (SSSR count). The van der Waals surface area contributed by atoms with Crippen LogP contribution in [-0.2, 0) is 12.8 Å². The second-order valence-electron chi connectivity index (χ2n) is 7.80. The molecule has 0 bridgehead atoms. The number of nitrogens with one attached hydrogen (secondary N) is 2. The third-order valence-electron chi connectivity index (χ3n) is 5.72. The van der Waals surface area contributed by atoms with Gasteiger partial charge in [0.1, 0.15) is 11.5 Å². The van der Waals surface area contributed by atoms with Crippen LogP contribution in [0.5, 0.6) is 11.5 Å². The molecule has 30 heavy (non-hydrogen) atoms. The van der Waals surface area contributed by atoms with Crippen LogP contribution in [0.15, 0.2) is 47.5 Å². The van der Waals surface area contributed by atoms with E-state index in [1.54, 1.807) is 7.11 Å². The van der Waals surface area contributed by atoms with Gasteiger partial charge >= 0.3 is 0 Å². The Kier molecular flexibility index (Phi) is 6.62. The van der Waals surface area contributed by atoms with Gasteiger partial charge in [-0.05, 0) is 49.1 Å². The van der Waals surface area contributed by atoms with E-state index in [2.05, 4.69) is 52.8 Å². The number of anilines is 1. The Hall–Kier alpha value is -2.89. The highest BCUT2D eigenvalue weighted by molar-refractivity contribution is 5.80. The lowest BCUT2D eigenvalue weighted by Crippen LogP contribution is -2.44. The summed E-state index contributed by atoms with van der Waals surface area (Å²) in [6, 6.07) is 15.1. The molecule has 0 amide bonds. The number of hydrogen-bond donors (Lipinski definition) is 2. The van der Waals surface area contributed by atoms with Gasteiger partial charge in [0.05, 0.1) is 19.4 Å².